The average molecular weight is 148 g/mol. The van der Waals surface area contributed by atoms with Gasteiger partial charge in [-0.25, -0.2) is 4.98 Å². The standard InChI is InChI=1S/C5H6N2O2.Na/c1-7-2-4(5(8)9)6-3-7;/h2-3H,1H3,(H,8,9);/q;+1/p-1. The molecule has 0 N–H and O–H groups in total. The minimum absolute atomic E-state index is 0. The molecule has 0 saturated heterocycles. The Labute approximate surface area is 80.2 Å². The van der Waals surface area contributed by atoms with Crippen LogP contribution in [-0.4, -0.2) is 15.5 Å². The molecule has 1 aromatic heterocycles. The minimum Gasteiger partial charge on any atom is -0.543 e. The van der Waals surface area contributed by atoms with Gasteiger partial charge in [0.2, 0.25) is 0 Å². The molecule has 1 rings (SSSR count). The van der Waals surface area contributed by atoms with Crippen LogP contribution >= 0.6 is 0 Å². The Bertz CT molecular complexity index is 233. The van der Waals surface area contributed by atoms with E-state index in [-0.39, 0.29) is 35.3 Å². The van der Waals surface area contributed by atoms with Crippen LogP contribution in [-0.2, 0) is 7.05 Å². The van der Waals surface area contributed by atoms with Crippen LogP contribution in [0.2, 0.25) is 0 Å². The zero-order valence-corrected chi connectivity index (χ0v) is 7.87. The van der Waals surface area contributed by atoms with E-state index in [0.29, 0.717) is 0 Å². The Morgan fingerprint density at radius 3 is 2.60 bits per heavy atom. The molecule has 0 aliphatic heterocycles. The van der Waals surface area contributed by atoms with E-state index in [9.17, 15) is 9.90 Å². The smallest absolute Gasteiger partial charge is 0.543 e. The molecular weight excluding hydrogens is 143 g/mol. The molecule has 0 unspecified atom stereocenters. The predicted molar refractivity (Wildman–Crippen MR) is 27.5 cm³/mol. The number of aromatic nitrogens is 2. The normalized spacial score (nSPS) is 8.50. The van der Waals surface area contributed by atoms with Crippen LogP contribution in [0.4, 0.5) is 0 Å². The Balaban J connectivity index is 0.000000810. The summed E-state index contributed by atoms with van der Waals surface area (Å²) in [5.41, 5.74) is -0.0301. The summed E-state index contributed by atoms with van der Waals surface area (Å²) in [6, 6.07) is 0. The summed E-state index contributed by atoms with van der Waals surface area (Å²) in [6.45, 7) is 0. The van der Waals surface area contributed by atoms with Crippen LogP contribution < -0.4 is 34.7 Å². The molecule has 0 amide bonds. The summed E-state index contributed by atoms with van der Waals surface area (Å²) in [5, 5.41) is 10.0. The first-order valence-electron chi connectivity index (χ1n) is 2.39. The van der Waals surface area contributed by atoms with Crippen molar-refractivity contribution in [2.45, 2.75) is 0 Å². The van der Waals surface area contributed by atoms with Gasteiger partial charge in [0.15, 0.2) is 0 Å². The molecule has 0 bridgehead atoms. The summed E-state index contributed by atoms with van der Waals surface area (Å²) in [4.78, 5) is 13.5. The van der Waals surface area contributed by atoms with Crippen molar-refractivity contribution in [3.05, 3.63) is 18.2 Å². The summed E-state index contributed by atoms with van der Waals surface area (Å²) >= 11 is 0. The first-order chi connectivity index (χ1) is 4.20. The van der Waals surface area contributed by atoms with E-state index in [1.54, 1.807) is 11.6 Å². The maximum atomic E-state index is 10.0. The molecule has 0 fully saturated rings. The van der Waals surface area contributed by atoms with Crippen molar-refractivity contribution >= 4 is 5.97 Å². The van der Waals surface area contributed by atoms with Gasteiger partial charge in [-0.1, -0.05) is 0 Å². The molecule has 0 radical (unpaired) electrons. The first kappa shape index (κ1) is 9.68. The van der Waals surface area contributed by atoms with Gasteiger partial charge >= 0.3 is 29.6 Å². The fourth-order valence-corrected chi connectivity index (χ4v) is 0.518. The number of carbonyl (C=O) groups is 1. The molecule has 0 spiro atoms. The van der Waals surface area contributed by atoms with E-state index < -0.39 is 5.97 Å². The SMILES string of the molecule is Cn1cnc(C(=O)[O-])c1.[Na+]. The van der Waals surface area contributed by atoms with Crippen molar-refractivity contribution in [1.82, 2.24) is 9.55 Å². The van der Waals surface area contributed by atoms with Crippen molar-refractivity contribution in [3.63, 3.8) is 0 Å². The van der Waals surface area contributed by atoms with Crippen LogP contribution in [0.3, 0.4) is 0 Å². The third-order valence-corrected chi connectivity index (χ3v) is 0.914. The van der Waals surface area contributed by atoms with Crippen molar-refractivity contribution in [3.8, 4) is 0 Å². The molecule has 1 aromatic rings. The molecule has 48 valence electrons. The van der Waals surface area contributed by atoms with E-state index >= 15 is 0 Å². The number of imidazole rings is 1. The Kier molecular flexibility index (Phi) is 3.63. The van der Waals surface area contributed by atoms with Crippen molar-refractivity contribution < 1.29 is 39.5 Å². The maximum absolute atomic E-state index is 10.0. The van der Waals surface area contributed by atoms with E-state index in [0.717, 1.165) is 0 Å². The fourth-order valence-electron chi connectivity index (χ4n) is 0.518. The topological polar surface area (TPSA) is 58.0 Å². The summed E-state index contributed by atoms with van der Waals surface area (Å²) in [5.74, 6) is -1.24. The number of hydrogen-bond acceptors (Lipinski definition) is 3. The number of carboxylic acid groups (broad SMARTS) is 1. The van der Waals surface area contributed by atoms with Gasteiger partial charge in [0.05, 0.1) is 12.3 Å². The second-order valence-electron chi connectivity index (χ2n) is 1.71. The predicted octanol–water partition coefficient (Wildman–Crippen LogP) is -4.21. The van der Waals surface area contributed by atoms with E-state index in [2.05, 4.69) is 4.98 Å². The largest absolute Gasteiger partial charge is 1.00 e. The minimum atomic E-state index is -1.24. The molecule has 5 heteroatoms. The van der Waals surface area contributed by atoms with E-state index in [4.69, 9.17) is 0 Å². The molecule has 10 heavy (non-hydrogen) atoms. The molecular formula is C5H5N2NaO2. The number of aryl methyl sites for hydroxylation is 1. The van der Waals surface area contributed by atoms with Crippen molar-refractivity contribution in [2.24, 2.45) is 7.05 Å². The second kappa shape index (κ2) is 3.75. The number of nitrogens with zero attached hydrogens (tertiary/aromatic N) is 2. The summed E-state index contributed by atoms with van der Waals surface area (Å²) in [7, 11) is 1.69. The third kappa shape index (κ3) is 2.13. The van der Waals surface area contributed by atoms with Crippen molar-refractivity contribution in [1.29, 1.82) is 0 Å². The Morgan fingerprint density at radius 1 is 1.80 bits per heavy atom. The quantitative estimate of drug-likeness (QED) is 0.379. The summed E-state index contributed by atoms with van der Waals surface area (Å²) < 4.78 is 1.55. The molecule has 0 saturated carbocycles. The summed E-state index contributed by atoms with van der Waals surface area (Å²) in [6.07, 6.45) is 2.79. The number of rotatable bonds is 1. The number of aromatic carboxylic acids is 1. The Hall–Kier alpha value is -0.320. The average Bonchev–Trinajstić information content (AvgIpc) is 2.14. The third-order valence-electron chi connectivity index (χ3n) is 0.914. The molecule has 0 aliphatic carbocycles. The van der Waals surface area contributed by atoms with Crippen LogP contribution in [0.15, 0.2) is 12.5 Å². The van der Waals surface area contributed by atoms with Gasteiger partial charge in [-0.15, -0.1) is 0 Å². The fraction of sp³-hybridized carbons (Fsp3) is 0.200. The zero-order valence-electron chi connectivity index (χ0n) is 5.87. The van der Waals surface area contributed by atoms with Gasteiger partial charge in [-0.3, -0.25) is 0 Å². The molecule has 4 nitrogen and oxygen atoms in total. The van der Waals surface area contributed by atoms with Crippen molar-refractivity contribution in [2.75, 3.05) is 0 Å². The van der Waals surface area contributed by atoms with Gasteiger partial charge in [-0.2, -0.15) is 0 Å². The maximum Gasteiger partial charge on any atom is 1.00 e. The van der Waals surface area contributed by atoms with Gasteiger partial charge in [-0.05, 0) is 0 Å². The monoisotopic (exact) mass is 148 g/mol. The van der Waals surface area contributed by atoms with Gasteiger partial charge in [0.1, 0.15) is 5.69 Å². The number of hydrogen-bond donors (Lipinski definition) is 0. The molecule has 0 aromatic carbocycles. The van der Waals surface area contributed by atoms with Crippen LogP contribution in [0.1, 0.15) is 10.5 Å². The molecule has 0 aliphatic rings. The van der Waals surface area contributed by atoms with Gasteiger partial charge < -0.3 is 14.5 Å². The van der Waals surface area contributed by atoms with Gasteiger partial charge in [0.25, 0.3) is 0 Å². The zero-order chi connectivity index (χ0) is 6.85. The van der Waals surface area contributed by atoms with Crippen LogP contribution in [0.5, 0.6) is 0 Å². The van der Waals surface area contributed by atoms with Gasteiger partial charge in [0, 0.05) is 13.2 Å². The van der Waals surface area contributed by atoms with E-state index in [1.165, 1.54) is 12.5 Å². The molecule has 0 atom stereocenters. The molecule has 1 heterocycles. The number of carbonyl (C=O) groups excluding carboxylic acids is 1. The Morgan fingerprint density at radius 2 is 2.40 bits per heavy atom. The van der Waals surface area contributed by atoms with Crippen LogP contribution in [0, 0.1) is 0 Å². The second-order valence-corrected chi connectivity index (χ2v) is 1.71. The van der Waals surface area contributed by atoms with E-state index in [1.807, 2.05) is 0 Å². The number of carboxylic acids is 1. The van der Waals surface area contributed by atoms with Crippen LogP contribution in [0.25, 0.3) is 0 Å². The first-order valence-corrected chi connectivity index (χ1v) is 2.39.